The molecule has 1 rings (SSSR count). The first kappa shape index (κ1) is 15.4. The van der Waals surface area contributed by atoms with Crippen molar-refractivity contribution in [3.8, 4) is 0 Å². The Labute approximate surface area is 123 Å². The first-order chi connectivity index (χ1) is 8.26. The van der Waals surface area contributed by atoms with Crippen molar-refractivity contribution in [3.63, 3.8) is 0 Å². The summed E-state index contributed by atoms with van der Waals surface area (Å²) in [6, 6.07) is 7.64. The number of hydrogen-bond acceptors (Lipinski definition) is 2. The number of halogens is 1. The molecule has 1 unspecified atom stereocenters. The van der Waals surface area contributed by atoms with E-state index >= 15 is 0 Å². The third kappa shape index (κ3) is 6.35. The highest BCUT2D eigenvalue weighted by molar-refractivity contribution is 14.1. The van der Waals surface area contributed by atoms with Gasteiger partial charge in [0.2, 0.25) is 5.91 Å². The predicted molar refractivity (Wildman–Crippen MR) is 84.5 cm³/mol. The summed E-state index contributed by atoms with van der Waals surface area (Å²) >= 11 is 2.22. The summed E-state index contributed by atoms with van der Waals surface area (Å²) in [5, 5.41) is 2.88. The minimum Gasteiger partial charge on any atom is -0.327 e. The average molecular weight is 360 g/mol. The van der Waals surface area contributed by atoms with Crippen molar-refractivity contribution >= 4 is 34.2 Å². The van der Waals surface area contributed by atoms with Crippen molar-refractivity contribution in [1.29, 1.82) is 0 Å². The molecule has 0 aliphatic carbocycles. The van der Waals surface area contributed by atoms with E-state index in [-0.39, 0.29) is 17.4 Å². The second kappa shape index (κ2) is 6.52. The Morgan fingerprint density at radius 3 is 2.67 bits per heavy atom. The fourth-order valence-corrected chi connectivity index (χ4v) is 2.42. The Morgan fingerprint density at radius 1 is 1.44 bits per heavy atom. The lowest BCUT2D eigenvalue weighted by Gasteiger charge is -2.22. The van der Waals surface area contributed by atoms with E-state index in [2.05, 4.69) is 48.7 Å². The third-order valence-corrected chi connectivity index (χ3v) is 3.10. The van der Waals surface area contributed by atoms with Gasteiger partial charge in [-0.1, -0.05) is 26.8 Å². The topological polar surface area (TPSA) is 55.1 Å². The number of anilines is 1. The van der Waals surface area contributed by atoms with Crippen LogP contribution in [0.3, 0.4) is 0 Å². The van der Waals surface area contributed by atoms with E-state index in [4.69, 9.17) is 5.73 Å². The molecule has 18 heavy (non-hydrogen) atoms. The van der Waals surface area contributed by atoms with Crippen LogP contribution in [0.1, 0.15) is 33.6 Å². The molecule has 1 aromatic rings. The van der Waals surface area contributed by atoms with Crippen LogP contribution in [0.25, 0.3) is 0 Å². The monoisotopic (exact) mass is 360 g/mol. The zero-order chi connectivity index (χ0) is 13.8. The number of amides is 1. The van der Waals surface area contributed by atoms with Gasteiger partial charge in [-0.25, -0.2) is 0 Å². The molecule has 0 saturated heterocycles. The van der Waals surface area contributed by atoms with Crippen LogP contribution in [0.4, 0.5) is 5.69 Å². The molecular weight excluding hydrogens is 339 g/mol. The Hall–Kier alpha value is -0.620. The highest BCUT2D eigenvalue weighted by Gasteiger charge is 2.18. The Balaban J connectivity index is 2.47. The number of carbonyl (C=O) groups is 1. The molecule has 0 aliphatic rings. The number of benzene rings is 1. The van der Waals surface area contributed by atoms with Crippen LogP contribution in [0.15, 0.2) is 24.3 Å². The fourth-order valence-electron chi connectivity index (χ4n) is 1.88. The van der Waals surface area contributed by atoms with Crippen molar-refractivity contribution in [2.45, 2.75) is 39.7 Å². The Morgan fingerprint density at radius 2 is 2.11 bits per heavy atom. The van der Waals surface area contributed by atoms with Gasteiger partial charge < -0.3 is 11.1 Å². The lowest BCUT2D eigenvalue weighted by atomic mass is 9.87. The molecule has 0 heterocycles. The van der Waals surface area contributed by atoms with Gasteiger partial charge in [0.1, 0.15) is 0 Å². The van der Waals surface area contributed by atoms with Crippen LogP contribution in [0, 0.1) is 8.99 Å². The predicted octanol–water partition coefficient (Wildman–Crippen LogP) is 3.38. The highest BCUT2D eigenvalue weighted by atomic mass is 127. The average Bonchev–Trinajstić information content (AvgIpc) is 2.13. The van der Waals surface area contributed by atoms with E-state index in [1.165, 1.54) is 0 Å². The van der Waals surface area contributed by atoms with Crippen LogP contribution in [-0.4, -0.2) is 11.9 Å². The number of nitrogens with two attached hydrogens (primary N) is 1. The van der Waals surface area contributed by atoms with Gasteiger partial charge in [0.15, 0.2) is 0 Å². The summed E-state index contributed by atoms with van der Waals surface area (Å²) in [7, 11) is 0. The van der Waals surface area contributed by atoms with Gasteiger partial charge in [-0.2, -0.15) is 0 Å². The molecule has 1 aromatic carbocycles. The smallest absolute Gasteiger partial charge is 0.225 e. The van der Waals surface area contributed by atoms with Crippen LogP contribution in [-0.2, 0) is 4.79 Å². The van der Waals surface area contributed by atoms with Crippen molar-refractivity contribution in [1.82, 2.24) is 0 Å². The molecule has 3 N–H and O–H groups in total. The number of rotatable bonds is 4. The SMILES string of the molecule is CC(C)(C)CC(N)CC(=O)Nc1cccc(I)c1. The molecule has 0 aliphatic heterocycles. The molecule has 0 fully saturated rings. The molecule has 1 atom stereocenters. The number of nitrogens with one attached hydrogen (secondary N) is 1. The summed E-state index contributed by atoms with van der Waals surface area (Å²) in [5.41, 5.74) is 6.97. The molecular formula is C14H21IN2O. The van der Waals surface area contributed by atoms with Gasteiger partial charge in [-0.05, 0) is 52.6 Å². The zero-order valence-electron chi connectivity index (χ0n) is 11.2. The highest BCUT2D eigenvalue weighted by Crippen LogP contribution is 2.21. The Kier molecular flexibility index (Phi) is 5.59. The maximum Gasteiger partial charge on any atom is 0.225 e. The van der Waals surface area contributed by atoms with E-state index in [1.54, 1.807) is 0 Å². The molecule has 100 valence electrons. The first-order valence-electron chi connectivity index (χ1n) is 6.07. The van der Waals surface area contributed by atoms with Crippen molar-refractivity contribution < 1.29 is 4.79 Å². The van der Waals surface area contributed by atoms with Crippen molar-refractivity contribution in [2.75, 3.05) is 5.32 Å². The molecule has 0 radical (unpaired) electrons. The lowest BCUT2D eigenvalue weighted by Crippen LogP contribution is -2.31. The molecule has 0 saturated carbocycles. The summed E-state index contributed by atoms with van der Waals surface area (Å²) in [6.07, 6.45) is 1.20. The maximum absolute atomic E-state index is 11.8. The zero-order valence-corrected chi connectivity index (χ0v) is 13.3. The molecule has 0 bridgehead atoms. The first-order valence-corrected chi connectivity index (χ1v) is 7.15. The minimum atomic E-state index is -0.0900. The molecule has 3 nitrogen and oxygen atoms in total. The van der Waals surface area contributed by atoms with E-state index in [0.29, 0.717) is 6.42 Å². The maximum atomic E-state index is 11.8. The van der Waals surface area contributed by atoms with Gasteiger partial charge in [-0.15, -0.1) is 0 Å². The van der Waals surface area contributed by atoms with Gasteiger partial charge in [-0.3, -0.25) is 4.79 Å². The quantitative estimate of drug-likeness (QED) is 0.809. The second-order valence-electron chi connectivity index (χ2n) is 5.79. The Bertz CT molecular complexity index is 413. The fraction of sp³-hybridized carbons (Fsp3) is 0.500. The van der Waals surface area contributed by atoms with Crippen LogP contribution < -0.4 is 11.1 Å². The van der Waals surface area contributed by atoms with Crippen molar-refractivity contribution in [2.24, 2.45) is 11.1 Å². The number of hydrogen-bond donors (Lipinski definition) is 2. The van der Waals surface area contributed by atoms with E-state index in [9.17, 15) is 4.79 Å². The molecule has 4 heteroatoms. The van der Waals surface area contributed by atoms with Crippen LogP contribution in [0.5, 0.6) is 0 Å². The van der Waals surface area contributed by atoms with E-state index in [1.807, 2.05) is 24.3 Å². The lowest BCUT2D eigenvalue weighted by molar-refractivity contribution is -0.116. The van der Waals surface area contributed by atoms with E-state index < -0.39 is 0 Å². The summed E-state index contributed by atoms with van der Waals surface area (Å²) < 4.78 is 1.10. The minimum absolute atomic E-state index is 0.0197. The van der Waals surface area contributed by atoms with Crippen molar-refractivity contribution in [3.05, 3.63) is 27.8 Å². The second-order valence-corrected chi connectivity index (χ2v) is 7.03. The third-order valence-electron chi connectivity index (χ3n) is 2.43. The summed E-state index contributed by atoms with van der Waals surface area (Å²) in [5.74, 6) is -0.0197. The summed E-state index contributed by atoms with van der Waals surface area (Å²) in [6.45, 7) is 6.39. The van der Waals surface area contributed by atoms with Gasteiger partial charge >= 0.3 is 0 Å². The largest absolute Gasteiger partial charge is 0.327 e. The number of carbonyl (C=O) groups excluding carboxylic acids is 1. The molecule has 1 amide bonds. The molecule has 0 aromatic heterocycles. The molecule has 0 spiro atoms. The summed E-state index contributed by atoms with van der Waals surface area (Å²) in [4.78, 5) is 11.8. The van der Waals surface area contributed by atoms with Gasteiger partial charge in [0, 0.05) is 21.7 Å². The normalized spacial score (nSPS) is 13.2. The standard InChI is InChI=1S/C14H21IN2O/c1-14(2,3)9-11(16)8-13(18)17-12-6-4-5-10(15)7-12/h4-7,11H,8-9,16H2,1-3H3,(H,17,18). The van der Waals surface area contributed by atoms with E-state index in [0.717, 1.165) is 15.7 Å². The van der Waals surface area contributed by atoms with Crippen LogP contribution in [0.2, 0.25) is 0 Å². The van der Waals surface area contributed by atoms with Gasteiger partial charge in [0.25, 0.3) is 0 Å². The van der Waals surface area contributed by atoms with Crippen LogP contribution >= 0.6 is 22.6 Å². The van der Waals surface area contributed by atoms with Gasteiger partial charge in [0.05, 0.1) is 0 Å².